The number of aromatic amines is 1. The molecule has 1 amide bonds. The van der Waals surface area contributed by atoms with Crippen molar-refractivity contribution in [2.75, 3.05) is 58.4 Å². The number of nitrogens with one attached hydrogen (secondary N) is 2. The van der Waals surface area contributed by atoms with Gasteiger partial charge in [-0.25, -0.2) is 32.2 Å². The van der Waals surface area contributed by atoms with E-state index in [1.54, 1.807) is 18.3 Å². The van der Waals surface area contributed by atoms with E-state index in [2.05, 4.69) is 137 Å². The Morgan fingerprint density at radius 3 is 1.12 bits per heavy atom. The zero-order valence-corrected chi connectivity index (χ0v) is 68.2. The lowest BCUT2D eigenvalue weighted by atomic mass is 9.99. The first kappa shape index (κ1) is 81.4. The molecule has 4 saturated carbocycles. The second-order valence-electron chi connectivity index (χ2n) is 27.5. The summed E-state index contributed by atoms with van der Waals surface area (Å²) in [4.78, 5) is 34.7. The number of ether oxygens (including phenoxy) is 1. The summed E-state index contributed by atoms with van der Waals surface area (Å²) >= 11 is 20.5. The number of carboxylic acids is 1. The number of thioether (sulfide) groups is 3. The maximum absolute atomic E-state index is 12.6. The summed E-state index contributed by atoms with van der Waals surface area (Å²) in [6, 6.07) is 57.7. The molecular weight excluding hydrogens is 1640 g/mol. The van der Waals surface area contributed by atoms with E-state index in [0.717, 1.165) is 50.7 Å². The standard InChI is InChI=1S/C23H21ClN6O3S2.C18H18N4O2S.C17H16N4O2S.C15H14N4S.C6H7ClN2O2S/c24-18-11-14(35(26,32)33)7-9-19(18)27-21(31)12-34-23-29-28-22(25)30(23)20-10-8-15(13-5-6-13)16-3-1-2-4-17(16)20;1-24-16(23)10-25-18-21-20-17(19)22(18)15-9-8-12(11-6-7-11)13-4-2-3-5-14(13)15;18-16-19-20-17(24-9-15(22)23)21(16)14-8-7-11(10-5-6-10)12-3-1-2-4-13(12)14;16-14-17-18-15(20)19(14)13-8-7-10(9-5-6-9)11-3-1-2-4-12(11)13;7-5-3-4(12(9,10)11)1-2-6(5)8/h1-4,7-11,13H,5-6,12H2,(H2,25,28)(H,27,31)(H2,26,32,33);2-5,8-9,11H,6-7,10H2,1H3,(H2,19,20);1-4,7-8,10H,5-6,9H2,(H2,18,19)(H,22,23);1-4,7-9H,5-6H2,(H2,16,17)(H,18,20);1-3H,8H2,(H2,9,10,11). The zero-order chi connectivity index (χ0) is 81.9. The minimum atomic E-state index is -3.90. The highest BCUT2D eigenvalue weighted by Crippen LogP contribution is 2.48. The second-order valence-corrected chi connectivity index (χ2v) is 34.7. The largest absolute Gasteiger partial charge is 0.481 e. The number of hydrogen-bond donors (Lipinski definition) is 10. The van der Waals surface area contributed by atoms with Gasteiger partial charge < -0.3 is 43.8 Å². The van der Waals surface area contributed by atoms with Crippen LogP contribution in [0.2, 0.25) is 10.0 Å². The van der Waals surface area contributed by atoms with Gasteiger partial charge in [-0.1, -0.05) is 180 Å². The van der Waals surface area contributed by atoms with Gasteiger partial charge in [0.2, 0.25) is 54.5 Å². The van der Waals surface area contributed by atoms with Gasteiger partial charge in [-0.3, -0.25) is 32.7 Å². The molecule has 10 aromatic carbocycles. The van der Waals surface area contributed by atoms with Gasteiger partial charge in [0, 0.05) is 21.5 Å². The lowest BCUT2D eigenvalue weighted by Crippen LogP contribution is -2.16. The number of carbonyl (C=O) groups excluding carboxylic acids is 2. The van der Waals surface area contributed by atoms with E-state index < -0.39 is 26.0 Å². The van der Waals surface area contributed by atoms with Gasteiger partial charge in [-0.15, -0.1) is 35.7 Å². The van der Waals surface area contributed by atoms with Crippen LogP contribution in [0.3, 0.4) is 0 Å². The molecule has 4 aromatic heterocycles. The molecule has 596 valence electrons. The molecule has 0 radical (unpaired) electrons. The predicted molar refractivity (Wildman–Crippen MR) is 459 cm³/mol. The molecule has 0 bridgehead atoms. The Kier molecular flexibility index (Phi) is 24.4. The first-order valence-corrected chi connectivity index (χ1v) is 43.4. The number of anilines is 6. The number of nitrogens with two attached hydrogens (primary N) is 7. The third-order valence-corrected chi connectivity index (χ3v) is 25.0. The Morgan fingerprint density at radius 2 is 0.802 bits per heavy atom. The number of esters is 1. The van der Waals surface area contributed by atoms with Crippen molar-refractivity contribution < 1.29 is 41.1 Å². The van der Waals surface area contributed by atoms with Crippen LogP contribution in [0.1, 0.15) is 97.3 Å². The molecule has 17 N–H and O–H groups in total. The second kappa shape index (κ2) is 34.7. The van der Waals surface area contributed by atoms with Crippen LogP contribution in [0.5, 0.6) is 0 Å². The van der Waals surface area contributed by atoms with Gasteiger partial charge in [0.25, 0.3) is 0 Å². The van der Waals surface area contributed by atoms with Gasteiger partial charge >= 0.3 is 11.9 Å². The van der Waals surface area contributed by atoms with E-state index in [1.165, 1.54) is 168 Å². The quantitative estimate of drug-likeness (QED) is 0.0147. The summed E-state index contributed by atoms with van der Waals surface area (Å²) < 4.78 is 56.8. The van der Waals surface area contributed by atoms with E-state index in [0.29, 0.717) is 61.5 Å². The molecule has 4 fully saturated rings. The fourth-order valence-corrected chi connectivity index (χ4v) is 17.5. The Morgan fingerprint density at radius 1 is 0.466 bits per heavy atom. The highest BCUT2D eigenvalue weighted by atomic mass is 35.5. The summed E-state index contributed by atoms with van der Waals surface area (Å²) in [6.07, 6.45) is 9.94. The van der Waals surface area contributed by atoms with Crippen molar-refractivity contribution in [2.24, 2.45) is 10.3 Å². The molecular formula is C79H76Cl2N20O9S6. The minimum absolute atomic E-state index is 0.00346. The van der Waals surface area contributed by atoms with Crippen LogP contribution in [0.4, 0.5) is 35.2 Å². The molecule has 0 saturated heterocycles. The average Bonchev–Trinajstić information content (AvgIpc) is 1.53. The molecule has 18 rings (SSSR count). The van der Waals surface area contributed by atoms with Crippen molar-refractivity contribution in [3.8, 4) is 22.7 Å². The van der Waals surface area contributed by atoms with Gasteiger partial charge in [0.1, 0.15) is 0 Å². The van der Waals surface area contributed by atoms with Crippen molar-refractivity contribution in [1.29, 1.82) is 0 Å². The molecule has 116 heavy (non-hydrogen) atoms. The van der Waals surface area contributed by atoms with E-state index in [1.807, 2.05) is 54.6 Å². The van der Waals surface area contributed by atoms with Crippen molar-refractivity contribution in [2.45, 2.75) is 100 Å². The Hall–Kier alpha value is -11.1. The number of amides is 1. The van der Waals surface area contributed by atoms with Crippen molar-refractivity contribution in [1.82, 2.24) is 59.1 Å². The monoisotopic (exact) mass is 1710 g/mol. The molecule has 0 aliphatic heterocycles. The predicted octanol–water partition coefficient (Wildman–Crippen LogP) is 14.2. The summed E-state index contributed by atoms with van der Waals surface area (Å²) in [5.74, 6) is 2.28. The Bertz CT molecular complexity index is 6440. The number of H-pyrrole nitrogens is 1. The molecule has 37 heteroatoms. The molecule has 29 nitrogen and oxygen atoms in total. The fourth-order valence-electron chi connectivity index (χ4n) is 13.4. The fraction of sp³-hybridized carbons (Fsp3) is 0.203. The van der Waals surface area contributed by atoms with E-state index in [9.17, 15) is 31.2 Å². The number of nitrogens with zero attached hydrogens (tertiary/aromatic N) is 11. The van der Waals surface area contributed by atoms with Crippen LogP contribution >= 0.6 is 70.7 Å². The van der Waals surface area contributed by atoms with Crippen LogP contribution in [-0.4, -0.2) is 123 Å². The third-order valence-electron chi connectivity index (χ3n) is 19.5. The van der Waals surface area contributed by atoms with Crippen molar-refractivity contribution >= 4 is 187 Å². The average molecular weight is 1710 g/mol. The minimum Gasteiger partial charge on any atom is -0.481 e. The maximum atomic E-state index is 12.6. The normalized spacial score (nSPS) is 13.8. The Labute approximate surface area is 692 Å². The molecule has 4 aliphatic carbocycles. The summed E-state index contributed by atoms with van der Waals surface area (Å²) in [5.41, 5.74) is 39.3. The topological polar surface area (TPSA) is 469 Å². The van der Waals surface area contributed by atoms with Crippen molar-refractivity contribution in [3.63, 3.8) is 0 Å². The number of fused-ring (bicyclic) bond motifs is 4. The number of primary sulfonamides is 2. The number of carbonyl (C=O) groups is 3. The van der Waals surface area contributed by atoms with Gasteiger partial charge in [-0.05, 0) is 192 Å². The van der Waals surface area contributed by atoms with E-state index >= 15 is 0 Å². The lowest BCUT2D eigenvalue weighted by Gasteiger charge is -2.14. The van der Waals surface area contributed by atoms with Gasteiger partial charge in [0.05, 0.1) is 78.3 Å². The van der Waals surface area contributed by atoms with Gasteiger partial charge in [0.15, 0.2) is 15.5 Å². The maximum Gasteiger partial charge on any atom is 0.316 e. The number of aromatic nitrogens is 12. The van der Waals surface area contributed by atoms with Crippen molar-refractivity contribution in [3.05, 3.63) is 219 Å². The number of sulfonamides is 2. The van der Waals surface area contributed by atoms with Crippen LogP contribution in [0, 0.1) is 4.77 Å². The number of nitrogen functional groups attached to an aromatic ring is 5. The summed E-state index contributed by atoms with van der Waals surface area (Å²) in [5, 5.41) is 63.6. The first-order chi connectivity index (χ1) is 55.7. The summed E-state index contributed by atoms with van der Waals surface area (Å²) in [6.45, 7) is 0. The summed E-state index contributed by atoms with van der Waals surface area (Å²) in [7, 11) is -6.21. The number of rotatable bonds is 20. The third kappa shape index (κ3) is 18.6. The highest BCUT2D eigenvalue weighted by Gasteiger charge is 2.31. The SMILES string of the molecule is COC(=O)CSc1nnc(N)n1-c1ccc(C2CC2)c2ccccc12.Nc1ccc(S(N)(=O)=O)cc1Cl.Nc1n[nH]c(=S)n1-c1ccc(C2CC2)c2ccccc12.Nc1nnc(SCC(=O)Nc2ccc(S(N)(=O)=O)cc2Cl)n1-c1ccc(C2CC2)c2ccccc12.Nc1nnc(SCC(=O)O)n1-c1ccc(C2CC2)c2ccccc12. The van der Waals surface area contributed by atoms with Gasteiger partial charge in [-0.2, -0.15) is 0 Å². The number of carboxylic acid groups (broad SMARTS) is 1. The molecule has 0 atom stereocenters. The molecule has 0 unspecified atom stereocenters. The molecule has 4 aliphatic rings. The number of aliphatic carboxylic acids is 1. The van der Waals surface area contributed by atoms with Crippen LogP contribution < -0.4 is 44.3 Å². The smallest absolute Gasteiger partial charge is 0.316 e. The zero-order valence-electron chi connectivity index (χ0n) is 61.8. The lowest BCUT2D eigenvalue weighted by molar-refractivity contribution is -0.137. The molecule has 0 spiro atoms. The van der Waals surface area contributed by atoms with Crippen LogP contribution in [0.25, 0.3) is 65.8 Å². The highest BCUT2D eigenvalue weighted by molar-refractivity contribution is 8.00. The first-order valence-electron chi connectivity index (χ1n) is 36.2. The van der Waals surface area contributed by atoms with E-state index in [-0.39, 0.29) is 66.6 Å². The number of hydrogen-bond acceptors (Lipinski definition) is 24. The number of halogens is 2. The molecule has 4 heterocycles. The Balaban J connectivity index is 0.000000124. The number of methoxy groups -OCH3 is 1. The molecule has 14 aromatic rings. The van der Waals surface area contributed by atoms with Crippen LogP contribution in [-0.2, 0) is 39.2 Å². The van der Waals surface area contributed by atoms with Crippen LogP contribution in [0.15, 0.2) is 207 Å². The number of benzene rings is 10. The van der Waals surface area contributed by atoms with E-state index in [4.69, 9.17) is 84.2 Å².